The zero-order valence-corrected chi connectivity index (χ0v) is 9.45. The van der Waals surface area contributed by atoms with Crippen LogP contribution < -0.4 is 5.73 Å². The molecule has 0 aliphatic carbocycles. The Hall–Kier alpha value is -2.48. The van der Waals surface area contributed by atoms with Gasteiger partial charge in [0, 0.05) is 12.7 Å². The van der Waals surface area contributed by atoms with Crippen molar-refractivity contribution in [3.63, 3.8) is 0 Å². The number of hydrogen-bond donors (Lipinski definition) is 2. The Morgan fingerprint density at radius 3 is 3.17 bits per heavy atom. The van der Waals surface area contributed by atoms with Crippen molar-refractivity contribution in [1.29, 1.82) is 0 Å². The van der Waals surface area contributed by atoms with Crippen LogP contribution >= 0.6 is 0 Å². The normalized spacial score (nSPS) is 10.9. The van der Waals surface area contributed by atoms with Gasteiger partial charge in [-0.1, -0.05) is 10.4 Å². The molecule has 3 aromatic rings. The smallest absolute Gasteiger partial charge is 0.280 e. The minimum Gasteiger partial charge on any atom is -0.359 e. The molecule has 3 rings (SSSR count). The Morgan fingerprint density at radius 2 is 2.39 bits per heavy atom. The SMILES string of the molecule is NCCn1cc(-c2nc(-c3ccc[nH]3)no2)nn1. The predicted octanol–water partition coefficient (Wildman–Crippen LogP) is 0.282. The van der Waals surface area contributed by atoms with Crippen LogP contribution in [0.5, 0.6) is 0 Å². The molecule has 0 aromatic carbocycles. The standard InChI is InChI=1S/C10H11N7O/c11-3-5-17-6-8(14-16-17)10-13-9(15-18-10)7-2-1-4-12-7/h1-2,4,6,12H,3,5,11H2. The highest BCUT2D eigenvalue weighted by Gasteiger charge is 2.13. The van der Waals surface area contributed by atoms with E-state index >= 15 is 0 Å². The van der Waals surface area contributed by atoms with Crippen LogP contribution in [0.4, 0.5) is 0 Å². The van der Waals surface area contributed by atoms with Gasteiger partial charge in [-0.05, 0) is 12.1 Å². The third-order valence-electron chi connectivity index (χ3n) is 2.38. The van der Waals surface area contributed by atoms with Crippen LogP contribution in [0, 0.1) is 0 Å². The second kappa shape index (κ2) is 4.41. The molecule has 0 fully saturated rings. The number of rotatable bonds is 4. The van der Waals surface area contributed by atoms with Gasteiger partial charge in [0.1, 0.15) is 0 Å². The van der Waals surface area contributed by atoms with E-state index in [1.165, 1.54) is 0 Å². The van der Waals surface area contributed by atoms with Gasteiger partial charge < -0.3 is 15.2 Å². The van der Waals surface area contributed by atoms with Gasteiger partial charge in [0.15, 0.2) is 5.69 Å². The van der Waals surface area contributed by atoms with Gasteiger partial charge in [-0.3, -0.25) is 4.68 Å². The lowest BCUT2D eigenvalue weighted by molar-refractivity contribution is 0.430. The second-order valence-electron chi connectivity index (χ2n) is 3.66. The number of nitrogens with two attached hydrogens (primary N) is 1. The van der Waals surface area contributed by atoms with Gasteiger partial charge in [0.2, 0.25) is 5.82 Å². The number of nitrogens with one attached hydrogen (secondary N) is 1. The van der Waals surface area contributed by atoms with E-state index in [1.54, 1.807) is 17.1 Å². The molecule has 0 radical (unpaired) electrons. The molecular formula is C10H11N7O. The molecule has 18 heavy (non-hydrogen) atoms. The highest BCUT2D eigenvalue weighted by Crippen LogP contribution is 2.18. The van der Waals surface area contributed by atoms with Crippen molar-refractivity contribution in [2.24, 2.45) is 5.73 Å². The maximum absolute atomic E-state index is 5.43. The van der Waals surface area contributed by atoms with Crippen LogP contribution in [0.3, 0.4) is 0 Å². The quantitative estimate of drug-likeness (QED) is 0.683. The highest BCUT2D eigenvalue weighted by molar-refractivity contribution is 5.53. The lowest BCUT2D eigenvalue weighted by atomic mass is 10.4. The molecule has 8 nitrogen and oxygen atoms in total. The van der Waals surface area contributed by atoms with Crippen molar-refractivity contribution in [3.8, 4) is 23.1 Å². The van der Waals surface area contributed by atoms with E-state index in [0.717, 1.165) is 5.69 Å². The number of H-pyrrole nitrogens is 1. The zero-order chi connectivity index (χ0) is 12.4. The minimum absolute atomic E-state index is 0.336. The molecule has 0 saturated heterocycles. The van der Waals surface area contributed by atoms with Gasteiger partial charge in [0.05, 0.1) is 18.4 Å². The molecule has 0 aliphatic rings. The van der Waals surface area contributed by atoms with E-state index in [-0.39, 0.29) is 0 Å². The van der Waals surface area contributed by atoms with Crippen LogP contribution in [0.2, 0.25) is 0 Å². The second-order valence-corrected chi connectivity index (χ2v) is 3.66. The summed E-state index contributed by atoms with van der Waals surface area (Å²) in [5.74, 6) is 0.825. The van der Waals surface area contributed by atoms with Gasteiger partial charge in [-0.2, -0.15) is 4.98 Å². The first kappa shape index (κ1) is 10.7. The molecule has 8 heteroatoms. The van der Waals surface area contributed by atoms with E-state index in [2.05, 4.69) is 25.4 Å². The van der Waals surface area contributed by atoms with E-state index < -0.39 is 0 Å². The van der Waals surface area contributed by atoms with Gasteiger partial charge >= 0.3 is 0 Å². The Balaban J connectivity index is 1.88. The summed E-state index contributed by atoms with van der Waals surface area (Å²) in [6, 6.07) is 3.73. The van der Waals surface area contributed by atoms with E-state index in [1.807, 2.05) is 12.1 Å². The molecule has 3 N–H and O–H groups in total. The molecule has 0 saturated carbocycles. The molecule has 3 heterocycles. The summed E-state index contributed by atoms with van der Waals surface area (Å²) in [5.41, 5.74) is 6.76. The fourth-order valence-electron chi connectivity index (χ4n) is 1.54. The summed E-state index contributed by atoms with van der Waals surface area (Å²) in [7, 11) is 0. The molecule has 0 spiro atoms. The van der Waals surface area contributed by atoms with Crippen LogP contribution in [0.1, 0.15) is 0 Å². The number of nitrogens with zero attached hydrogens (tertiary/aromatic N) is 5. The van der Waals surface area contributed by atoms with Crippen LogP contribution in [0.15, 0.2) is 29.0 Å². The minimum atomic E-state index is 0.336. The van der Waals surface area contributed by atoms with Gasteiger partial charge in [-0.15, -0.1) is 5.10 Å². The van der Waals surface area contributed by atoms with Crippen molar-refractivity contribution in [1.82, 2.24) is 30.1 Å². The van der Waals surface area contributed by atoms with E-state index in [4.69, 9.17) is 10.3 Å². The number of aromatic nitrogens is 6. The monoisotopic (exact) mass is 245 g/mol. The predicted molar refractivity (Wildman–Crippen MR) is 62.2 cm³/mol. The molecular weight excluding hydrogens is 234 g/mol. The topological polar surface area (TPSA) is 111 Å². The third-order valence-corrected chi connectivity index (χ3v) is 2.38. The maximum Gasteiger partial charge on any atom is 0.280 e. The lowest BCUT2D eigenvalue weighted by Crippen LogP contribution is -2.10. The summed E-state index contributed by atoms with van der Waals surface area (Å²) < 4.78 is 6.77. The lowest BCUT2D eigenvalue weighted by Gasteiger charge is -1.91. The van der Waals surface area contributed by atoms with Crippen molar-refractivity contribution in [2.75, 3.05) is 6.54 Å². The summed E-state index contributed by atoms with van der Waals surface area (Å²) in [6.07, 6.45) is 3.52. The Labute approximate surface area is 102 Å². The van der Waals surface area contributed by atoms with Gasteiger partial charge in [0.25, 0.3) is 5.89 Å². The molecule has 0 aliphatic heterocycles. The first-order chi connectivity index (χ1) is 8.86. The van der Waals surface area contributed by atoms with Crippen molar-refractivity contribution >= 4 is 0 Å². The summed E-state index contributed by atoms with van der Waals surface area (Å²) in [5, 5.41) is 11.7. The molecule has 92 valence electrons. The van der Waals surface area contributed by atoms with Crippen molar-refractivity contribution in [3.05, 3.63) is 24.5 Å². The number of aromatic amines is 1. The zero-order valence-electron chi connectivity index (χ0n) is 9.45. The Morgan fingerprint density at radius 1 is 1.44 bits per heavy atom. The first-order valence-corrected chi connectivity index (χ1v) is 5.45. The van der Waals surface area contributed by atoms with Crippen molar-refractivity contribution in [2.45, 2.75) is 6.54 Å². The summed E-state index contributed by atoms with van der Waals surface area (Å²) in [6.45, 7) is 1.10. The highest BCUT2D eigenvalue weighted by atomic mass is 16.5. The molecule has 0 amide bonds. The maximum atomic E-state index is 5.43. The number of hydrogen-bond acceptors (Lipinski definition) is 6. The van der Waals surface area contributed by atoms with E-state index in [9.17, 15) is 0 Å². The van der Waals surface area contributed by atoms with Crippen molar-refractivity contribution < 1.29 is 4.52 Å². The summed E-state index contributed by atoms with van der Waals surface area (Å²) >= 11 is 0. The van der Waals surface area contributed by atoms with Crippen LogP contribution in [-0.2, 0) is 6.54 Å². The van der Waals surface area contributed by atoms with Crippen LogP contribution in [-0.4, -0.2) is 36.7 Å². The molecule has 3 aromatic heterocycles. The fraction of sp³-hybridized carbons (Fsp3) is 0.200. The third kappa shape index (κ3) is 1.89. The van der Waals surface area contributed by atoms with Crippen LogP contribution in [0.25, 0.3) is 23.1 Å². The Bertz CT molecular complexity index is 624. The average molecular weight is 245 g/mol. The summed E-state index contributed by atoms with van der Waals surface area (Å²) in [4.78, 5) is 7.24. The largest absolute Gasteiger partial charge is 0.359 e. The molecule has 0 bridgehead atoms. The Kier molecular flexibility index (Phi) is 2.61. The average Bonchev–Trinajstić information content (AvgIpc) is 3.10. The molecule has 0 atom stereocenters. The first-order valence-electron chi connectivity index (χ1n) is 5.45. The van der Waals surface area contributed by atoms with E-state index in [0.29, 0.717) is 30.5 Å². The fourth-order valence-corrected chi connectivity index (χ4v) is 1.54. The van der Waals surface area contributed by atoms with Gasteiger partial charge in [-0.25, -0.2) is 0 Å². The molecule has 0 unspecified atom stereocenters.